The predicted octanol–water partition coefficient (Wildman–Crippen LogP) is 3.54. The van der Waals surface area contributed by atoms with Gasteiger partial charge in [0, 0.05) is 18.2 Å². The molecule has 3 nitrogen and oxygen atoms in total. The fraction of sp³-hybridized carbons (Fsp3) is 0.250. The Hall–Kier alpha value is -1.19. The Morgan fingerprint density at radius 3 is 2.71 bits per heavy atom. The number of nitrogen functional groups attached to an aromatic ring is 1. The van der Waals surface area contributed by atoms with Gasteiger partial charge in [0.05, 0.1) is 15.7 Å². The highest BCUT2D eigenvalue weighted by atomic mass is 35.5. The smallest absolute Gasteiger partial charge is 0.125 e. The summed E-state index contributed by atoms with van der Waals surface area (Å²) in [5.41, 5.74) is 8.59. The monoisotopic (exact) mass is 269 g/mol. The average Bonchev–Trinajstić information content (AvgIpc) is 2.59. The summed E-state index contributed by atoms with van der Waals surface area (Å²) in [6.45, 7) is 2.04. The van der Waals surface area contributed by atoms with Crippen molar-refractivity contribution in [2.75, 3.05) is 5.73 Å². The van der Waals surface area contributed by atoms with Crippen LogP contribution in [0.2, 0.25) is 10.0 Å². The van der Waals surface area contributed by atoms with Crippen LogP contribution in [0.25, 0.3) is 11.3 Å². The molecular formula is C12H13Cl2N3. The maximum Gasteiger partial charge on any atom is 0.125 e. The molecule has 0 fully saturated rings. The van der Waals surface area contributed by atoms with E-state index >= 15 is 0 Å². The minimum Gasteiger partial charge on any atom is -0.384 e. The predicted molar refractivity (Wildman–Crippen MR) is 72.5 cm³/mol. The van der Waals surface area contributed by atoms with E-state index in [9.17, 15) is 0 Å². The Morgan fingerprint density at radius 2 is 2.06 bits per heavy atom. The largest absolute Gasteiger partial charge is 0.384 e. The zero-order valence-electron chi connectivity index (χ0n) is 9.67. The molecule has 1 aromatic carbocycles. The summed E-state index contributed by atoms with van der Waals surface area (Å²) in [7, 11) is 1.82. The third kappa shape index (κ3) is 2.01. The molecule has 0 saturated heterocycles. The number of nitrogens with zero attached hydrogens (tertiary/aromatic N) is 2. The van der Waals surface area contributed by atoms with Crippen LogP contribution in [0.1, 0.15) is 12.5 Å². The van der Waals surface area contributed by atoms with E-state index in [1.165, 1.54) is 0 Å². The second kappa shape index (κ2) is 4.59. The van der Waals surface area contributed by atoms with Crippen molar-refractivity contribution in [3.63, 3.8) is 0 Å². The van der Waals surface area contributed by atoms with Gasteiger partial charge in [-0.05, 0) is 12.5 Å². The highest BCUT2D eigenvalue weighted by Gasteiger charge is 2.17. The van der Waals surface area contributed by atoms with E-state index in [1.807, 2.05) is 26.1 Å². The molecule has 0 atom stereocenters. The van der Waals surface area contributed by atoms with Crippen molar-refractivity contribution in [3.05, 3.63) is 33.8 Å². The molecule has 0 bridgehead atoms. The van der Waals surface area contributed by atoms with Crippen LogP contribution in [0.3, 0.4) is 0 Å². The van der Waals surface area contributed by atoms with Crippen LogP contribution in [0.4, 0.5) is 5.82 Å². The summed E-state index contributed by atoms with van der Waals surface area (Å²) < 4.78 is 1.66. The second-order valence-corrected chi connectivity index (χ2v) is 4.58. The molecule has 5 heteroatoms. The molecule has 0 aliphatic rings. The van der Waals surface area contributed by atoms with Crippen molar-refractivity contribution in [2.45, 2.75) is 13.3 Å². The lowest BCUT2D eigenvalue weighted by molar-refractivity contribution is 0.782. The summed E-state index contributed by atoms with van der Waals surface area (Å²) in [6.07, 6.45) is 0.803. The number of aromatic nitrogens is 2. The molecule has 0 unspecified atom stereocenters. The van der Waals surface area contributed by atoms with Crippen LogP contribution in [0.15, 0.2) is 18.2 Å². The molecule has 0 amide bonds. The summed E-state index contributed by atoms with van der Waals surface area (Å²) >= 11 is 12.2. The number of nitrogens with two attached hydrogens (primary N) is 1. The van der Waals surface area contributed by atoms with Gasteiger partial charge in [-0.15, -0.1) is 0 Å². The van der Waals surface area contributed by atoms with Gasteiger partial charge >= 0.3 is 0 Å². The zero-order chi connectivity index (χ0) is 12.6. The molecule has 2 N–H and O–H groups in total. The molecule has 1 heterocycles. The Bertz CT molecular complexity index is 561. The molecule has 0 aliphatic carbocycles. The lowest BCUT2D eigenvalue weighted by atomic mass is 10.1. The fourth-order valence-corrected chi connectivity index (χ4v) is 2.22. The molecule has 1 aromatic heterocycles. The van der Waals surface area contributed by atoms with Crippen LogP contribution in [0.5, 0.6) is 0 Å². The molecule has 2 aromatic rings. The van der Waals surface area contributed by atoms with E-state index in [0.717, 1.165) is 23.2 Å². The summed E-state index contributed by atoms with van der Waals surface area (Å²) in [5, 5.41) is 5.44. The first-order valence-corrected chi connectivity index (χ1v) is 6.07. The van der Waals surface area contributed by atoms with Crippen LogP contribution in [0, 0.1) is 0 Å². The molecule has 90 valence electrons. The first-order chi connectivity index (χ1) is 8.06. The van der Waals surface area contributed by atoms with Gasteiger partial charge < -0.3 is 5.73 Å². The third-order valence-electron chi connectivity index (χ3n) is 2.75. The topological polar surface area (TPSA) is 43.8 Å². The Labute approximate surface area is 110 Å². The third-order valence-corrected chi connectivity index (χ3v) is 3.57. The van der Waals surface area contributed by atoms with Gasteiger partial charge in [0.15, 0.2) is 0 Å². The minimum atomic E-state index is 0.516. The average molecular weight is 270 g/mol. The van der Waals surface area contributed by atoms with Gasteiger partial charge in [0.1, 0.15) is 5.82 Å². The number of anilines is 1. The number of aryl methyl sites for hydroxylation is 1. The van der Waals surface area contributed by atoms with Crippen LogP contribution in [-0.4, -0.2) is 9.78 Å². The van der Waals surface area contributed by atoms with Crippen LogP contribution in [-0.2, 0) is 13.5 Å². The normalized spacial score (nSPS) is 10.8. The molecule has 0 spiro atoms. The summed E-state index contributed by atoms with van der Waals surface area (Å²) in [4.78, 5) is 0. The fourth-order valence-electron chi connectivity index (χ4n) is 1.83. The van der Waals surface area contributed by atoms with E-state index in [-0.39, 0.29) is 0 Å². The van der Waals surface area contributed by atoms with Crippen molar-refractivity contribution in [1.82, 2.24) is 9.78 Å². The number of hydrogen-bond acceptors (Lipinski definition) is 2. The SMILES string of the molecule is CCc1c(-c2cccc(Cl)c2Cl)nn(C)c1N. The Morgan fingerprint density at radius 1 is 1.35 bits per heavy atom. The first-order valence-electron chi connectivity index (χ1n) is 5.32. The molecule has 0 radical (unpaired) electrons. The van der Waals surface area contributed by atoms with Gasteiger partial charge in [0.2, 0.25) is 0 Å². The maximum atomic E-state index is 6.20. The van der Waals surface area contributed by atoms with Gasteiger partial charge in [-0.25, -0.2) is 0 Å². The van der Waals surface area contributed by atoms with E-state index in [4.69, 9.17) is 28.9 Å². The van der Waals surface area contributed by atoms with E-state index in [2.05, 4.69) is 5.10 Å². The molecule has 17 heavy (non-hydrogen) atoms. The number of halogens is 2. The standard InChI is InChI=1S/C12H13Cl2N3/c1-3-7-11(16-17(2)12(7)15)8-5-4-6-9(13)10(8)14/h4-6H,3,15H2,1-2H3. The van der Waals surface area contributed by atoms with Gasteiger partial charge in [-0.2, -0.15) is 5.10 Å². The lowest BCUT2D eigenvalue weighted by Crippen LogP contribution is -1.98. The minimum absolute atomic E-state index is 0.516. The van der Waals surface area contributed by atoms with Crippen molar-refractivity contribution in [2.24, 2.45) is 7.05 Å². The van der Waals surface area contributed by atoms with Crippen molar-refractivity contribution in [1.29, 1.82) is 0 Å². The number of hydrogen-bond donors (Lipinski definition) is 1. The molecule has 0 saturated carbocycles. The van der Waals surface area contributed by atoms with Crippen LogP contribution < -0.4 is 5.73 Å². The Kier molecular flexibility index (Phi) is 3.31. The maximum absolute atomic E-state index is 6.20. The zero-order valence-corrected chi connectivity index (χ0v) is 11.2. The number of benzene rings is 1. The van der Waals surface area contributed by atoms with Crippen molar-refractivity contribution >= 4 is 29.0 Å². The van der Waals surface area contributed by atoms with Crippen molar-refractivity contribution in [3.8, 4) is 11.3 Å². The van der Waals surface area contributed by atoms with E-state index < -0.39 is 0 Å². The van der Waals surface area contributed by atoms with E-state index in [1.54, 1.807) is 10.7 Å². The highest BCUT2D eigenvalue weighted by molar-refractivity contribution is 6.43. The lowest BCUT2D eigenvalue weighted by Gasteiger charge is -2.04. The summed E-state index contributed by atoms with van der Waals surface area (Å²) in [6, 6.07) is 5.51. The molecular weight excluding hydrogens is 257 g/mol. The van der Waals surface area contributed by atoms with Crippen LogP contribution >= 0.6 is 23.2 Å². The van der Waals surface area contributed by atoms with Gasteiger partial charge in [-0.1, -0.05) is 42.3 Å². The second-order valence-electron chi connectivity index (χ2n) is 3.79. The van der Waals surface area contributed by atoms with Crippen molar-refractivity contribution < 1.29 is 0 Å². The van der Waals surface area contributed by atoms with E-state index in [0.29, 0.717) is 15.9 Å². The molecule has 0 aliphatic heterocycles. The number of rotatable bonds is 2. The van der Waals surface area contributed by atoms with Gasteiger partial charge in [0.25, 0.3) is 0 Å². The molecule has 2 rings (SSSR count). The first kappa shape index (κ1) is 12.3. The Balaban J connectivity index is 2.68. The van der Waals surface area contributed by atoms with Gasteiger partial charge in [-0.3, -0.25) is 4.68 Å². The summed E-state index contributed by atoms with van der Waals surface area (Å²) in [5.74, 6) is 0.665. The highest BCUT2D eigenvalue weighted by Crippen LogP contribution is 2.36. The quantitative estimate of drug-likeness (QED) is 0.907.